The average molecular weight is 302 g/mol. The van der Waals surface area contributed by atoms with Crippen molar-refractivity contribution < 1.29 is 4.74 Å². The lowest BCUT2D eigenvalue weighted by Gasteiger charge is -2.13. The molecule has 110 valence electrons. The highest BCUT2D eigenvalue weighted by Crippen LogP contribution is 2.27. The van der Waals surface area contributed by atoms with E-state index < -0.39 is 0 Å². The fourth-order valence-electron chi connectivity index (χ4n) is 2.08. The van der Waals surface area contributed by atoms with E-state index in [9.17, 15) is 0 Å². The number of benzene rings is 2. The van der Waals surface area contributed by atoms with E-state index in [0.717, 1.165) is 16.9 Å². The van der Waals surface area contributed by atoms with Gasteiger partial charge in [0.25, 0.3) is 0 Å². The van der Waals surface area contributed by atoms with E-state index in [4.69, 9.17) is 22.1 Å². The first-order chi connectivity index (χ1) is 10.2. The Hall–Kier alpha value is -1.77. The van der Waals surface area contributed by atoms with E-state index in [1.165, 1.54) is 0 Å². The number of hydrogen-bond acceptors (Lipinski definition) is 2. The van der Waals surface area contributed by atoms with E-state index in [0.29, 0.717) is 18.1 Å². The molecule has 2 aromatic carbocycles. The minimum atomic E-state index is 0.0483. The van der Waals surface area contributed by atoms with Crippen LogP contribution in [0.25, 0.3) is 6.08 Å². The number of halogens is 1. The molecule has 2 nitrogen and oxygen atoms in total. The molecule has 0 fully saturated rings. The summed E-state index contributed by atoms with van der Waals surface area (Å²) in [5, 5.41) is 0.705. The first-order valence-electron chi connectivity index (χ1n) is 7.04. The maximum atomic E-state index is 6.23. The van der Waals surface area contributed by atoms with Crippen molar-refractivity contribution in [1.29, 1.82) is 0 Å². The van der Waals surface area contributed by atoms with Crippen molar-refractivity contribution in [2.45, 2.75) is 19.4 Å². The first kappa shape index (κ1) is 15.6. The molecule has 3 heteroatoms. The standard InChI is InChI=1S/C18H20ClNO/c1-14(20)13-16-17(19)10-5-11-18(16)21-12-6-9-15-7-3-2-4-8-15/h2-11,14H,12-13,20H2,1H3/b9-6+. The number of hydrogen-bond donors (Lipinski definition) is 1. The minimum Gasteiger partial charge on any atom is -0.489 e. The van der Waals surface area contributed by atoms with E-state index >= 15 is 0 Å². The molecule has 0 aliphatic carbocycles. The molecular formula is C18H20ClNO. The molecule has 0 aliphatic heterocycles. The molecule has 0 spiro atoms. The van der Waals surface area contributed by atoms with Gasteiger partial charge in [0.15, 0.2) is 0 Å². The third-order valence-corrected chi connectivity index (χ3v) is 3.40. The first-order valence-corrected chi connectivity index (χ1v) is 7.42. The SMILES string of the molecule is CC(N)Cc1c(Cl)cccc1OC/C=C/c1ccccc1. The number of ether oxygens (including phenoxy) is 1. The van der Waals surface area contributed by atoms with Gasteiger partial charge >= 0.3 is 0 Å². The Morgan fingerprint density at radius 3 is 2.62 bits per heavy atom. The molecule has 0 saturated carbocycles. The summed E-state index contributed by atoms with van der Waals surface area (Å²) in [5.74, 6) is 0.803. The Kier molecular flexibility index (Phi) is 5.85. The number of nitrogens with two attached hydrogens (primary N) is 1. The van der Waals surface area contributed by atoms with Gasteiger partial charge in [0, 0.05) is 16.6 Å². The highest BCUT2D eigenvalue weighted by Gasteiger charge is 2.09. The van der Waals surface area contributed by atoms with E-state index in [2.05, 4.69) is 12.1 Å². The Labute approximate surface area is 131 Å². The maximum absolute atomic E-state index is 6.23. The predicted octanol–water partition coefficient (Wildman–Crippen LogP) is 4.32. The summed E-state index contributed by atoms with van der Waals surface area (Å²) >= 11 is 6.23. The lowest BCUT2D eigenvalue weighted by atomic mass is 10.1. The molecule has 2 N–H and O–H groups in total. The van der Waals surface area contributed by atoms with Gasteiger partial charge in [-0.1, -0.05) is 54.1 Å². The van der Waals surface area contributed by atoms with Gasteiger partial charge in [0.1, 0.15) is 12.4 Å². The summed E-state index contributed by atoms with van der Waals surface area (Å²) in [6, 6.07) is 15.9. The monoisotopic (exact) mass is 301 g/mol. The van der Waals surface area contributed by atoms with E-state index in [-0.39, 0.29) is 6.04 Å². The number of rotatable bonds is 6. The molecule has 1 atom stereocenters. The van der Waals surface area contributed by atoms with Gasteiger partial charge in [-0.2, -0.15) is 0 Å². The highest BCUT2D eigenvalue weighted by atomic mass is 35.5. The molecule has 21 heavy (non-hydrogen) atoms. The zero-order valence-electron chi connectivity index (χ0n) is 12.1. The third-order valence-electron chi connectivity index (χ3n) is 3.05. The van der Waals surface area contributed by atoms with Gasteiger partial charge in [-0.25, -0.2) is 0 Å². The topological polar surface area (TPSA) is 35.2 Å². The molecule has 1 unspecified atom stereocenters. The van der Waals surface area contributed by atoms with Crippen LogP contribution >= 0.6 is 11.6 Å². The van der Waals surface area contributed by atoms with Crippen LogP contribution in [-0.4, -0.2) is 12.6 Å². The lowest BCUT2D eigenvalue weighted by molar-refractivity contribution is 0.358. The highest BCUT2D eigenvalue weighted by molar-refractivity contribution is 6.31. The van der Waals surface area contributed by atoms with Crippen LogP contribution in [0.4, 0.5) is 0 Å². The van der Waals surface area contributed by atoms with Crippen molar-refractivity contribution in [2.24, 2.45) is 5.73 Å². The smallest absolute Gasteiger partial charge is 0.124 e. The van der Waals surface area contributed by atoms with Crippen molar-refractivity contribution in [3.8, 4) is 5.75 Å². The second kappa shape index (κ2) is 7.87. The van der Waals surface area contributed by atoms with E-state index in [1.54, 1.807) is 0 Å². The molecule has 2 aromatic rings. The van der Waals surface area contributed by atoms with Gasteiger partial charge < -0.3 is 10.5 Å². The molecule has 0 heterocycles. The van der Waals surface area contributed by atoms with Crippen molar-refractivity contribution in [3.05, 3.63) is 70.8 Å². The predicted molar refractivity (Wildman–Crippen MR) is 89.8 cm³/mol. The fraction of sp³-hybridized carbons (Fsp3) is 0.222. The summed E-state index contributed by atoms with van der Waals surface area (Å²) < 4.78 is 5.81. The van der Waals surface area contributed by atoms with Gasteiger partial charge in [0.05, 0.1) is 0 Å². The Morgan fingerprint density at radius 1 is 1.14 bits per heavy atom. The molecule has 2 rings (SSSR count). The minimum absolute atomic E-state index is 0.0483. The average Bonchev–Trinajstić information content (AvgIpc) is 2.47. The largest absolute Gasteiger partial charge is 0.489 e. The zero-order valence-corrected chi connectivity index (χ0v) is 12.9. The summed E-state index contributed by atoms with van der Waals surface area (Å²) in [7, 11) is 0. The normalized spacial score (nSPS) is 12.5. The Bertz CT molecular complexity index is 593. The lowest BCUT2D eigenvalue weighted by Crippen LogP contribution is -2.18. The third kappa shape index (κ3) is 4.92. The van der Waals surface area contributed by atoms with Gasteiger partial charge in [0.2, 0.25) is 0 Å². The summed E-state index contributed by atoms with van der Waals surface area (Å²) in [5.41, 5.74) is 7.99. The van der Waals surface area contributed by atoms with Crippen LogP contribution in [0.15, 0.2) is 54.6 Å². The molecular weight excluding hydrogens is 282 g/mol. The van der Waals surface area contributed by atoms with Crippen molar-refractivity contribution in [2.75, 3.05) is 6.61 Å². The van der Waals surface area contributed by atoms with Gasteiger partial charge in [-0.05, 0) is 37.1 Å². The van der Waals surface area contributed by atoms with Crippen LogP contribution in [0.1, 0.15) is 18.1 Å². The fourth-order valence-corrected chi connectivity index (χ4v) is 2.32. The maximum Gasteiger partial charge on any atom is 0.124 e. The Morgan fingerprint density at radius 2 is 1.90 bits per heavy atom. The van der Waals surface area contributed by atoms with Crippen LogP contribution in [-0.2, 0) is 6.42 Å². The summed E-state index contributed by atoms with van der Waals surface area (Å²) in [6.45, 7) is 2.46. The Balaban J connectivity index is 2.00. The van der Waals surface area contributed by atoms with Crippen LogP contribution in [0, 0.1) is 0 Å². The van der Waals surface area contributed by atoms with Crippen LogP contribution in [0.5, 0.6) is 5.75 Å². The molecule has 0 amide bonds. The van der Waals surface area contributed by atoms with Crippen molar-refractivity contribution >= 4 is 17.7 Å². The summed E-state index contributed by atoms with van der Waals surface area (Å²) in [6.07, 6.45) is 4.74. The summed E-state index contributed by atoms with van der Waals surface area (Å²) in [4.78, 5) is 0. The van der Waals surface area contributed by atoms with Crippen molar-refractivity contribution in [3.63, 3.8) is 0 Å². The molecule has 0 radical (unpaired) electrons. The van der Waals surface area contributed by atoms with Gasteiger partial charge in [-0.3, -0.25) is 0 Å². The van der Waals surface area contributed by atoms with Gasteiger partial charge in [-0.15, -0.1) is 0 Å². The molecule has 0 aromatic heterocycles. The van der Waals surface area contributed by atoms with Crippen LogP contribution in [0.3, 0.4) is 0 Å². The van der Waals surface area contributed by atoms with Crippen LogP contribution < -0.4 is 10.5 Å². The second-order valence-electron chi connectivity index (χ2n) is 5.02. The second-order valence-corrected chi connectivity index (χ2v) is 5.43. The molecule has 0 bridgehead atoms. The zero-order chi connectivity index (χ0) is 15.1. The quantitative estimate of drug-likeness (QED) is 0.862. The molecule has 0 aliphatic rings. The van der Waals surface area contributed by atoms with Crippen LogP contribution in [0.2, 0.25) is 5.02 Å². The van der Waals surface area contributed by atoms with Crippen molar-refractivity contribution in [1.82, 2.24) is 0 Å². The molecule has 0 saturated heterocycles. The van der Waals surface area contributed by atoms with E-state index in [1.807, 2.05) is 55.5 Å².